The van der Waals surface area contributed by atoms with Crippen molar-refractivity contribution in [2.75, 3.05) is 0 Å². The molecule has 0 bridgehead atoms. The third kappa shape index (κ3) is 3.23. The monoisotopic (exact) mass is 375 g/mol. The molecule has 0 fully saturated rings. The van der Waals surface area contributed by atoms with Crippen molar-refractivity contribution in [2.24, 2.45) is 0 Å². The lowest BCUT2D eigenvalue weighted by molar-refractivity contribution is 0.0693. The molecule has 0 radical (unpaired) electrons. The highest BCUT2D eigenvalue weighted by molar-refractivity contribution is 9.10. The van der Waals surface area contributed by atoms with E-state index in [1.165, 1.54) is 18.3 Å². The fraction of sp³-hybridized carbons (Fsp3) is 0.0769. The topological polar surface area (TPSA) is 59.4 Å². The molecule has 7 heteroatoms. The van der Waals surface area contributed by atoms with Crippen molar-refractivity contribution in [1.29, 1.82) is 0 Å². The Kier molecular flexibility index (Phi) is 4.52. The molecule has 0 aliphatic rings. The molecule has 1 heterocycles. The number of benzene rings is 1. The van der Waals surface area contributed by atoms with Gasteiger partial charge in [0.05, 0.1) is 10.0 Å². The zero-order chi connectivity index (χ0) is 14.9. The highest BCUT2D eigenvalue weighted by Gasteiger charge is 2.15. The Morgan fingerprint density at radius 3 is 2.60 bits per heavy atom. The minimum absolute atomic E-state index is 0.0503. The van der Waals surface area contributed by atoms with E-state index in [1.807, 2.05) is 0 Å². The normalized spacial score (nSPS) is 10.4. The van der Waals surface area contributed by atoms with Crippen LogP contribution < -0.4 is 4.74 Å². The van der Waals surface area contributed by atoms with Crippen LogP contribution in [0.5, 0.6) is 11.5 Å². The third-order valence-electron chi connectivity index (χ3n) is 2.43. The average Bonchev–Trinajstić information content (AvgIpc) is 2.35. The minimum atomic E-state index is -1.13. The first-order valence-corrected chi connectivity index (χ1v) is 6.95. The summed E-state index contributed by atoms with van der Waals surface area (Å²) in [5.74, 6) is -0.704. The highest BCUT2D eigenvalue weighted by Crippen LogP contribution is 2.37. The van der Waals surface area contributed by atoms with Gasteiger partial charge in [-0.15, -0.1) is 0 Å². The van der Waals surface area contributed by atoms with E-state index in [-0.39, 0.29) is 17.1 Å². The van der Waals surface area contributed by atoms with Crippen LogP contribution in [0.15, 0.2) is 28.9 Å². The Morgan fingerprint density at radius 1 is 1.25 bits per heavy atom. The molecule has 4 nitrogen and oxygen atoms in total. The second-order valence-corrected chi connectivity index (χ2v) is 5.59. The first kappa shape index (κ1) is 15.1. The second kappa shape index (κ2) is 5.99. The molecule has 1 N–H and O–H groups in total. The van der Waals surface area contributed by atoms with Crippen molar-refractivity contribution < 1.29 is 14.6 Å². The van der Waals surface area contributed by atoms with Crippen LogP contribution in [0.1, 0.15) is 16.1 Å². The van der Waals surface area contributed by atoms with Gasteiger partial charge in [0, 0.05) is 28.5 Å². The van der Waals surface area contributed by atoms with E-state index in [1.54, 1.807) is 13.0 Å². The lowest BCUT2D eigenvalue weighted by Gasteiger charge is -2.11. The Morgan fingerprint density at radius 2 is 1.95 bits per heavy atom. The predicted octanol–water partition coefficient (Wildman–Crippen LogP) is 4.95. The van der Waals surface area contributed by atoms with E-state index in [4.69, 9.17) is 33.0 Å². The summed E-state index contributed by atoms with van der Waals surface area (Å²) in [7, 11) is 0. The van der Waals surface area contributed by atoms with Gasteiger partial charge in [0.2, 0.25) is 0 Å². The van der Waals surface area contributed by atoms with Gasteiger partial charge in [0.25, 0.3) is 0 Å². The van der Waals surface area contributed by atoms with Gasteiger partial charge >= 0.3 is 5.97 Å². The molecule has 0 aliphatic carbocycles. The number of hydrogen-bond acceptors (Lipinski definition) is 3. The molecule has 20 heavy (non-hydrogen) atoms. The van der Waals surface area contributed by atoms with E-state index in [0.29, 0.717) is 20.2 Å². The molecule has 0 aliphatic heterocycles. The number of aromatic carboxylic acids is 1. The molecular formula is C13H8BrCl2NO3. The molecule has 0 unspecified atom stereocenters. The summed E-state index contributed by atoms with van der Waals surface area (Å²) in [4.78, 5) is 15.1. The van der Waals surface area contributed by atoms with Gasteiger partial charge in [-0.2, -0.15) is 0 Å². The maximum Gasteiger partial charge on any atom is 0.341 e. The first-order chi connectivity index (χ1) is 9.38. The van der Waals surface area contributed by atoms with E-state index in [2.05, 4.69) is 20.9 Å². The summed E-state index contributed by atoms with van der Waals surface area (Å²) in [5.41, 5.74) is 0.579. The zero-order valence-corrected chi connectivity index (χ0v) is 13.3. The maximum absolute atomic E-state index is 11.1. The number of carboxylic acid groups (broad SMARTS) is 1. The Bertz CT molecular complexity index is 692. The number of aromatic nitrogens is 1. The van der Waals surface area contributed by atoms with E-state index in [9.17, 15) is 4.79 Å². The predicted molar refractivity (Wildman–Crippen MR) is 80.2 cm³/mol. The standard InChI is InChI=1S/C13H8BrCl2NO3/c1-6-2-11(7(5-17-6)13(18)19)20-12-4-9(15)8(14)3-10(12)16/h2-5H,1H3,(H,18,19). The third-order valence-corrected chi connectivity index (χ3v) is 3.92. The number of carboxylic acids is 1. The van der Waals surface area contributed by atoms with Gasteiger partial charge < -0.3 is 9.84 Å². The summed E-state index contributed by atoms with van der Waals surface area (Å²) in [5, 5.41) is 9.84. The molecular weight excluding hydrogens is 369 g/mol. The summed E-state index contributed by atoms with van der Waals surface area (Å²) < 4.78 is 6.19. The van der Waals surface area contributed by atoms with Crippen molar-refractivity contribution in [1.82, 2.24) is 4.98 Å². The Balaban J connectivity index is 2.47. The number of carbonyl (C=O) groups is 1. The fourth-order valence-electron chi connectivity index (χ4n) is 1.48. The summed E-state index contributed by atoms with van der Waals surface area (Å²) in [6.07, 6.45) is 1.24. The van der Waals surface area contributed by atoms with Crippen LogP contribution >= 0.6 is 39.1 Å². The van der Waals surface area contributed by atoms with Crippen LogP contribution in [0.25, 0.3) is 0 Å². The van der Waals surface area contributed by atoms with Gasteiger partial charge in [-0.05, 0) is 28.9 Å². The maximum atomic E-state index is 11.1. The molecule has 0 atom stereocenters. The molecule has 2 aromatic rings. The lowest BCUT2D eigenvalue weighted by Crippen LogP contribution is -2.02. The van der Waals surface area contributed by atoms with Crippen molar-refractivity contribution in [3.63, 3.8) is 0 Å². The molecule has 2 rings (SSSR count). The number of hydrogen-bond donors (Lipinski definition) is 1. The minimum Gasteiger partial charge on any atom is -0.477 e. The van der Waals surface area contributed by atoms with E-state index in [0.717, 1.165) is 0 Å². The van der Waals surface area contributed by atoms with Crippen LogP contribution in [-0.4, -0.2) is 16.1 Å². The fourth-order valence-corrected chi connectivity index (χ4v) is 2.31. The van der Waals surface area contributed by atoms with Crippen LogP contribution in [-0.2, 0) is 0 Å². The summed E-state index contributed by atoms with van der Waals surface area (Å²) in [6.45, 7) is 1.73. The number of aryl methyl sites for hydroxylation is 1. The van der Waals surface area contributed by atoms with Crippen molar-refractivity contribution >= 4 is 45.1 Å². The second-order valence-electron chi connectivity index (χ2n) is 3.93. The summed E-state index contributed by atoms with van der Waals surface area (Å²) >= 11 is 15.3. The van der Waals surface area contributed by atoms with Crippen molar-refractivity contribution in [3.8, 4) is 11.5 Å². The van der Waals surface area contributed by atoms with Gasteiger partial charge in [-0.25, -0.2) is 4.79 Å². The van der Waals surface area contributed by atoms with Crippen LogP contribution in [0.2, 0.25) is 10.0 Å². The van der Waals surface area contributed by atoms with Gasteiger partial charge in [0.15, 0.2) is 0 Å². The molecule has 0 saturated carbocycles. The average molecular weight is 377 g/mol. The van der Waals surface area contributed by atoms with Gasteiger partial charge in [-0.3, -0.25) is 4.98 Å². The lowest BCUT2D eigenvalue weighted by atomic mass is 10.2. The van der Waals surface area contributed by atoms with Gasteiger partial charge in [0.1, 0.15) is 17.1 Å². The van der Waals surface area contributed by atoms with Crippen molar-refractivity contribution in [2.45, 2.75) is 6.92 Å². The molecule has 0 amide bonds. The molecule has 1 aromatic carbocycles. The summed E-state index contributed by atoms with van der Waals surface area (Å²) in [6, 6.07) is 4.61. The first-order valence-electron chi connectivity index (χ1n) is 5.41. The van der Waals surface area contributed by atoms with E-state index < -0.39 is 5.97 Å². The number of nitrogens with zero attached hydrogens (tertiary/aromatic N) is 1. The number of rotatable bonds is 3. The smallest absolute Gasteiger partial charge is 0.341 e. The number of pyridine rings is 1. The quantitative estimate of drug-likeness (QED) is 0.770. The SMILES string of the molecule is Cc1cc(Oc2cc(Cl)c(Br)cc2Cl)c(C(=O)O)cn1. The molecule has 0 saturated heterocycles. The van der Waals surface area contributed by atoms with Crippen LogP contribution in [0.4, 0.5) is 0 Å². The van der Waals surface area contributed by atoms with E-state index >= 15 is 0 Å². The Labute approximate surface area is 133 Å². The molecule has 1 aromatic heterocycles. The van der Waals surface area contributed by atoms with Gasteiger partial charge in [-0.1, -0.05) is 23.2 Å². The largest absolute Gasteiger partial charge is 0.477 e. The zero-order valence-electron chi connectivity index (χ0n) is 10.2. The highest BCUT2D eigenvalue weighted by atomic mass is 79.9. The van der Waals surface area contributed by atoms with Crippen LogP contribution in [0.3, 0.4) is 0 Å². The number of ether oxygens (including phenoxy) is 1. The molecule has 0 spiro atoms. The number of halogens is 3. The van der Waals surface area contributed by atoms with Crippen LogP contribution in [0, 0.1) is 6.92 Å². The Hall–Kier alpha value is -1.30. The van der Waals surface area contributed by atoms with Crippen molar-refractivity contribution in [3.05, 3.63) is 50.2 Å². The molecule has 104 valence electrons.